The molecule has 1 aliphatic carbocycles. The Hall–Kier alpha value is -0.0400. The normalized spacial score (nSPS) is 28.3. The van der Waals surface area contributed by atoms with E-state index in [4.69, 9.17) is 0 Å². The van der Waals surface area contributed by atoms with E-state index in [-0.39, 0.29) is 0 Å². The molecule has 1 unspecified atom stereocenters. The summed E-state index contributed by atoms with van der Waals surface area (Å²) >= 11 is 0. The van der Waals surface area contributed by atoms with Gasteiger partial charge in [0.25, 0.3) is 0 Å². The van der Waals surface area contributed by atoms with E-state index in [1.54, 1.807) is 0 Å². The molecule has 2 rings (SSSR count). The predicted molar refractivity (Wildman–Crippen MR) is 61.3 cm³/mol. The van der Waals surface area contributed by atoms with Crippen molar-refractivity contribution < 1.29 is 0 Å². The molecule has 0 aromatic carbocycles. The van der Waals surface area contributed by atoms with Gasteiger partial charge in [0.05, 0.1) is 0 Å². The van der Waals surface area contributed by atoms with Crippen molar-refractivity contribution in [1.29, 1.82) is 0 Å². The first-order valence-corrected chi connectivity index (χ1v) is 6.42. The van der Waals surface area contributed by atoms with Crippen LogP contribution in [0.5, 0.6) is 0 Å². The molecule has 0 radical (unpaired) electrons. The molecule has 0 spiro atoms. The first-order chi connectivity index (χ1) is 6.68. The van der Waals surface area contributed by atoms with Crippen molar-refractivity contribution in [3.8, 4) is 0 Å². The van der Waals surface area contributed by atoms with Gasteiger partial charge in [-0.15, -0.1) is 0 Å². The van der Waals surface area contributed by atoms with Crippen molar-refractivity contribution in [2.45, 2.75) is 52.5 Å². The Morgan fingerprint density at radius 3 is 1.93 bits per heavy atom. The largest absolute Gasteiger partial charge is 0.300 e. The SMILES string of the molecule is CC(C)C(C)C1CCN(C2CC2)CC1. The van der Waals surface area contributed by atoms with Crippen LogP contribution in [0.4, 0.5) is 0 Å². The Morgan fingerprint density at radius 1 is 0.929 bits per heavy atom. The molecule has 1 atom stereocenters. The lowest BCUT2D eigenvalue weighted by Gasteiger charge is -2.36. The Balaban J connectivity index is 1.77. The summed E-state index contributed by atoms with van der Waals surface area (Å²) in [7, 11) is 0. The molecular weight excluding hydrogens is 170 g/mol. The van der Waals surface area contributed by atoms with E-state index in [0.29, 0.717) is 0 Å². The third kappa shape index (κ3) is 2.31. The summed E-state index contributed by atoms with van der Waals surface area (Å²) in [5.41, 5.74) is 0. The van der Waals surface area contributed by atoms with Crippen LogP contribution in [0, 0.1) is 17.8 Å². The molecule has 1 aliphatic heterocycles. The second kappa shape index (κ2) is 4.22. The summed E-state index contributed by atoms with van der Waals surface area (Å²) in [6, 6.07) is 0.991. The second-order valence-electron chi connectivity index (χ2n) is 5.71. The van der Waals surface area contributed by atoms with Crippen LogP contribution < -0.4 is 0 Å². The molecule has 0 aromatic rings. The second-order valence-corrected chi connectivity index (χ2v) is 5.71. The molecule has 1 saturated carbocycles. The van der Waals surface area contributed by atoms with Crippen molar-refractivity contribution in [2.24, 2.45) is 17.8 Å². The average molecular weight is 195 g/mol. The number of hydrogen-bond acceptors (Lipinski definition) is 1. The van der Waals surface area contributed by atoms with Gasteiger partial charge >= 0.3 is 0 Å². The van der Waals surface area contributed by atoms with E-state index in [9.17, 15) is 0 Å². The van der Waals surface area contributed by atoms with Crippen molar-refractivity contribution in [1.82, 2.24) is 4.90 Å². The highest BCUT2D eigenvalue weighted by Crippen LogP contribution is 2.34. The van der Waals surface area contributed by atoms with Crippen molar-refractivity contribution in [3.63, 3.8) is 0 Å². The topological polar surface area (TPSA) is 3.24 Å². The average Bonchev–Trinajstić information content (AvgIpc) is 3.00. The lowest BCUT2D eigenvalue weighted by atomic mass is 9.79. The minimum absolute atomic E-state index is 0.868. The molecule has 0 N–H and O–H groups in total. The minimum atomic E-state index is 0.868. The maximum absolute atomic E-state index is 2.73. The van der Waals surface area contributed by atoms with Crippen molar-refractivity contribution >= 4 is 0 Å². The summed E-state index contributed by atoms with van der Waals surface area (Å²) in [5, 5.41) is 0. The van der Waals surface area contributed by atoms with Gasteiger partial charge in [-0.25, -0.2) is 0 Å². The molecular formula is C13H25N. The molecule has 1 heteroatoms. The fraction of sp³-hybridized carbons (Fsp3) is 1.00. The Kier molecular flexibility index (Phi) is 3.16. The zero-order chi connectivity index (χ0) is 10.1. The number of hydrogen-bond donors (Lipinski definition) is 0. The number of nitrogens with zero attached hydrogens (tertiary/aromatic N) is 1. The smallest absolute Gasteiger partial charge is 0.00964 e. The monoisotopic (exact) mass is 195 g/mol. The maximum Gasteiger partial charge on any atom is 0.00964 e. The predicted octanol–water partition coefficient (Wildman–Crippen LogP) is 3.15. The molecule has 0 amide bonds. The van der Waals surface area contributed by atoms with Gasteiger partial charge in [-0.3, -0.25) is 0 Å². The van der Waals surface area contributed by atoms with Gasteiger partial charge in [0.1, 0.15) is 0 Å². The van der Waals surface area contributed by atoms with Crippen molar-refractivity contribution in [3.05, 3.63) is 0 Å². The van der Waals surface area contributed by atoms with Gasteiger partial charge in [0.15, 0.2) is 0 Å². The Bertz CT molecular complexity index is 176. The van der Waals surface area contributed by atoms with E-state index in [0.717, 1.165) is 23.8 Å². The van der Waals surface area contributed by atoms with E-state index < -0.39 is 0 Å². The van der Waals surface area contributed by atoms with E-state index in [2.05, 4.69) is 25.7 Å². The summed E-state index contributed by atoms with van der Waals surface area (Å²) in [6.07, 6.45) is 5.86. The van der Waals surface area contributed by atoms with E-state index in [1.807, 2.05) is 0 Å². The fourth-order valence-corrected chi connectivity index (χ4v) is 2.79. The standard InChI is InChI=1S/C13H25N/c1-10(2)11(3)12-6-8-14(9-7-12)13-4-5-13/h10-13H,4-9H2,1-3H3. The van der Waals surface area contributed by atoms with Crippen LogP contribution in [0.25, 0.3) is 0 Å². The van der Waals surface area contributed by atoms with E-state index in [1.165, 1.54) is 38.8 Å². The van der Waals surface area contributed by atoms with Crippen LogP contribution in [-0.2, 0) is 0 Å². The summed E-state index contributed by atoms with van der Waals surface area (Å²) in [5.74, 6) is 2.80. The van der Waals surface area contributed by atoms with Crippen LogP contribution in [0.3, 0.4) is 0 Å². The first-order valence-electron chi connectivity index (χ1n) is 6.42. The van der Waals surface area contributed by atoms with Gasteiger partial charge in [-0.05, 0) is 56.5 Å². The third-order valence-electron chi connectivity index (χ3n) is 4.43. The van der Waals surface area contributed by atoms with E-state index >= 15 is 0 Å². The highest BCUT2D eigenvalue weighted by molar-refractivity contribution is 4.88. The lowest BCUT2D eigenvalue weighted by molar-refractivity contribution is 0.128. The van der Waals surface area contributed by atoms with Crippen LogP contribution in [-0.4, -0.2) is 24.0 Å². The number of likely N-dealkylation sites (tertiary alicyclic amines) is 1. The van der Waals surface area contributed by atoms with Gasteiger partial charge < -0.3 is 4.90 Å². The first kappa shape index (κ1) is 10.5. The van der Waals surface area contributed by atoms with Crippen molar-refractivity contribution in [2.75, 3.05) is 13.1 Å². The van der Waals surface area contributed by atoms with Crippen LogP contribution in [0.15, 0.2) is 0 Å². The Morgan fingerprint density at radius 2 is 1.50 bits per heavy atom. The molecule has 2 fully saturated rings. The molecule has 14 heavy (non-hydrogen) atoms. The molecule has 1 nitrogen and oxygen atoms in total. The molecule has 1 heterocycles. The third-order valence-corrected chi connectivity index (χ3v) is 4.43. The van der Waals surface area contributed by atoms with Crippen LogP contribution in [0.1, 0.15) is 46.5 Å². The lowest BCUT2D eigenvalue weighted by Crippen LogP contribution is -2.37. The molecule has 0 aromatic heterocycles. The molecule has 1 saturated heterocycles. The quantitative estimate of drug-likeness (QED) is 0.668. The number of rotatable bonds is 3. The zero-order valence-corrected chi connectivity index (χ0v) is 10.00. The molecule has 0 bridgehead atoms. The van der Waals surface area contributed by atoms with Gasteiger partial charge in [0.2, 0.25) is 0 Å². The summed E-state index contributed by atoms with van der Waals surface area (Å²) in [4.78, 5) is 2.73. The maximum atomic E-state index is 2.73. The van der Waals surface area contributed by atoms with Crippen LogP contribution in [0.2, 0.25) is 0 Å². The highest BCUT2D eigenvalue weighted by atomic mass is 15.2. The molecule has 2 aliphatic rings. The zero-order valence-electron chi connectivity index (χ0n) is 10.00. The van der Waals surface area contributed by atoms with Gasteiger partial charge in [-0.2, -0.15) is 0 Å². The van der Waals surface area contributed by atoms with Crippen LogP contribution >= 0.6 is 0 Å². The fourth-order valence-electron chi connectivity index (χ4n) is 2.79. The summed E-state index contributed by atoms with van der Waals surface area (Å²) in [6.45, 7) is 9.96. The Labute approximate surface area is 88.9 Å². The summed E-state index contributed by atoms with van der Waals surface area (Å²) < 4.78 is 0. The number of piperidine rings is 1. The molecule has 82 valence electrons. The van der Waals surface area contributed by atoms with Gasteiger partial charge in [0, 0.05) is 6.04 Å². The minimum Gasteiger partial charge on any atom is -0.300 e. The highest BCUT2D eigenvalue weighted by Gasteiger charge is 2.33. The van der Waals surface area contributed by atoms with Gasteiger partial charge in [-0.1, -0.05) is 20.8 Å².